The molecule has 1 aromatic heterocycles. The molecule has 1 aromatic rings. The molecule has 0 saturated heterocycles. The van der Waals surface area contributed by atoms with E-state index in [0.29, 0.717) is 6.54 Å². The van der Waals surface area contributed by atoms with E-state index in [2.05, 4.69) is 40.3 Å². The molecular formula is C13H21N3S. The zero-order chi connectivity index (χ0) is 12.5. The molecule has 1 N–H and O–H groups in total. The maximum absolute atomic E-state index is 5.36. The molecule has 0 aliphatic rings. The molecule has 0 radical (unpaired) electrons. The third-order valence-corrected chi connectivity index (χ3v) is 3.26. The van der Waals surface area contributed by atoms with Crippen LogP contribution >= 0.6 is 11.3 Å². The van der Waals surface area contributed by atoms with Gasteiger partial charge in [-0.1, -0.05) is 19.8 Å². The predicted molar refractivity (Wildman–Crippen MR) is 73.9 cm³/mol. The van der Waals surface area contributed by atoms with Gasteiger partial charge in [0.05, 0.1) is 12.2 Å². The summed E-state index contributed by atoms with van der Waals surface area (Å²) >= 11 is 1.72. The topological polar surface area (TPSA) is 28.2 Å². The van der Waals surface area contributed by atoms with E-state index >= 15 is 0 Å². The molecule has 1 heterocycles. The first-order valence-electron chi connectivity index (χ1n) is 6.10. The molecule has 17 heavy (non-hydrogen) atoms. The van der Waals surface area contributed by atoms with Gasteiger partial charge in [0.1, 0.15) is 5.01 Å². The molecule has 0 aliphatic heterocycles. The van der Waals surface area contributed by atoms with Gasteiger partial charge < -0.3 is 5.32 Å². The van der Waals surface area contributed by atoms with Crippen molar-refractivity contribution < 1.29 is 0 Å². The average Bonchev–Trinajstić information content (AvgIpc) is 2.75. The van der Waals surface area contributed by atoms with E-state index in [1.807, 2.05) is 0 Å². The van der Waals surface area contributed by atoms with E-state index in [1.54, 1.807) is 11.3 Å². The largest absolute Gasteiger partial charge is 0.311 e. The number of nitrogens with one attached hydrogen (secondary N) is 1. The lowest BCUT2D eigenvalue weighted by molar-refractivity contribution is 0.296. The lowest BCUT2D eigenvalue weighted by atomic mass is 10.3. The average molecular weight is 251 g/mol. The van der Waals surface area contributed by atoms with Gasteiger partial charge in [0.25, 0.3) is 0 Å². The van der Waals surface area contributed by atoms with Crippen LogP contribution in [0.3, 0.4) is 0 Å². The highest BCUT2D eigenvalue weighted by Crippen LogP contribution is 2.11. The van der Waals surface area contributed by atoms with Crippen molar-refractivity contribution in [2.75, 3.05) is 19.6 Å². The second kappa shape index (κ2) is 8.24. The summed E-state index contributed by atoms with van der Waals surface area (Å²) in [6, 6.07) is 0. The Hall–Kier alpha value is -0.890. The van der Waals surface area contributed by atoms with Crippen molar-refractivity contribution >= 4 is 11.3 Å². The van der Waals surface area contributed by atoms with E-state index in [4.69, 9.17) is 6.42 Å². The predicted octanol–water partition coefficient (Wildman–Crippen LogP) is 2.10. The lowest BCUT2D eigenvalue weighted by Crippen LogP contribution is -2.24. The van der Waals surface area contributed by atoms with Crippen LogP contribution in [-0.4, -0.2) is 29.5 Å². The SMILES string of the molecule is C#CCN(CCC)Cc1csc(CNCC)n1. The van der Waals surface area contributed by atoms with Gasteiger partial charge in [-0.15, -0.1) is 17.8 Å². The molecule has 0 atom stereocenters. The summed E-state index contributed by atoms with van der Waals surface area (Å²) in [5.41, 5.74) is 1.13. The van der Waals surface area contributed by atoms with Gasteiger partial charge in [-0.05, 0) is 19.5 Å². The number of terminal acetylenes is 1. The lowest BCUT2D eigenvalue weighted by Gasteiger charge is -2.17. The minimum absolute atomic E-state index is 0.702. The second-order valence-electron chi connectivity index (χ2n) is 3.93. The number of aromatic nitrogens is 1. The molecule has 0 bridgehead atoms. The summed E-state index contributed by atoms with van der Waals surface area (Å²) in [5.74, 6) is 2.70. The summed E-state index contributed by atoms with van der Waals surface area (Å²) in [6.45, 7) is 8.71. The fourth-order valence-corrected chi connectivity index (χ4v) is 2.38. The van der Waals surface area contributed by atoms with Crippen LogP contribution in [0.2, 0.25) is 0 Å². The fourth-order valence-electron chi connectivity index (χ4n) is 1.62. The number of thiazole rings is 1. The third-order valence-electron chi connectivity index (χ3n) is 2.37. The van der Waals surface area contributed by atoms with Gasteiger partial charge in [0, 0.05) is 18.5 Å². The highest BCUT2D eigenvalue weighted by atomic mass is 32.1. The van der Waals surface area contributed by atoms with Crippen molar-refractivity contribution in [2.45, 2.75) is 33.4 Å². The zero-order valence-electron chi connectivity index (χ0n) is 10.7. The molecule has 0 fully saturated rings. The molecule has 0 unspecified atom stereocenters. The Kier molecular flexibility index (Phi) is 6.87. The minimum Gasteiger partial charge on any atom is -0.311 e. The van der Waals surface area contributed by atoms with Crippen molar-refractivity contribution in [2.24, 2.45) is 0 Å². The first kappa shape index (κ1) is 14.2. The van der Waals surface area contributed by atoms with Gasteiger partial charge >= 0.3 is 0 Å². The summed E-state index contributed by atoms with van der Waals surface area (Å²) in [7, 11) is 0. The quantitative estimate of drug-likeness (QED) is 0.717. The molecule has 0 aromatic carbocycles. The molecule has 4 heteroatoms. The van der Waals surface area contributed by atoms with Crippen molar-refractivity contribution in [3.63, 3.8) is 0 Å². The molecule has 3 nitrogen and oxygen atoms in total. The van der Waals surface area contributed by atoms with Crippen molar-refractivity contribution in [3.8, 4) is 12.3 Å². The molecule has 94 valence electrons. The van der Waals surface area contributed by atoms with E-state index in [-0.39, 0.29) is 0 Å². The van der Waals surface area contributed by atoms with Gasteiger partial charge in [-0.3, -0.25) is 4.90 Å². The van der Waals surface area contributed by atoms with E-state index in [1.165, 1.54) is 0 Å². The summed E-state index contributed by atoms with van der Waals surface area (Å²) in [5, 5.41) is 6.57. The Bertz CT molecular complexity index is 354. The number of nitrogens with zero attached hydrogens (tertiary/aromatic N) is 2. The summed E-state index contributed by atoms with van der Waals surface area (Å²) < 4.78 is 0. The molecule has 0 spiro atoms. The highest BCUT2D eigenvalue weighted by molar-refractivity contribution is 7.09. The second-order valence-corrected chi connectivity index (χ2v) is 4.87. The molecular weight excluding hydrogens is 230 g/mol. The Morgan fingerprint density at radius 2 is 2.35 bits per heavy atom. The fraction of sp³-hybridized carbons (Fsp3) is 0.615. The Morgan fingerprint density at radius 3 is 3.00 bits per heavy atom. The Labute approximate surface area is 108 Å². The summed E-state index contributed by atoms with van der Waals surface area (Å²) in [4.78, 5) is 6.85. The van der Waals surface area contributed by atoms with Crippen LogP contribution in [0.4, 0.5) is 0 Å². The Morgan fingerprint density at radius 1 is 1.53 bits per heavy atom. The van der Waals surface area contributed by atoms with E-state index in [0.717, 1.165) is 43.3 Å². The van der Waals surface area contributed by atoms with Crippen LogP contribution in [0, 0.1) is 12.3 Å². The van der Waals surface area contributed by atoms with Crippen LogP contribution in [0.1, 0.15) is 31.0 Å². The highest BCUT2D eigenvalue weighted by Gasteiger charge is 2.07. The van der Waals surface area contributed by atoms with Gasteiger partial charge in [-0.2, -0.15) is 0 Å². The number of rotatable bonds is 8. The minimum atomic E-state index is 0.702. The van der Waals surface area contributed by atoms with Crippen LogP contribution in [0.5, 0.6) is 0 Å². The van der Waals surface area contributed by atoms with Crippen molar-refractivity contribution in [3.05, 3.63) is 16.1 Å². The van der Waals surface area contributed by atoms with E-state index < -0.39 is 0 Å². The van der Waals surface area contributed by atoms with Crippen molar-refractivity contribution in [1.29, 1.82) is 0 Å². The van der Waals surface area contributed by atoms with Gasteiger partial charge in [-0.25, -0.2) is 4.98 Å². The van der Waals surface area contributed by atoms with Gasteiger partial charge in [0.15, 0.2) is 0 Å². The van der Waals surface area contributed by atoms with E-state index in [9.17, 15) is 0 Å². The van der Waals surface area contributed by atoms with Crippen LogP contribution in [-0.2, 0) is 13.1 Å². The number of hydrogen-bond acceptors (Lipinski definition) is 4. The van der Waals surface area contributed by atoms with Gasteiger partial charge in [0.2, 0.25) is 0 Å². The maximum Gasteiger partial charge on any atom is 0.107 e. The smallest absolute Gasteiger partial charge is 0.107 e. The first-order chi connectivity index (χ1) is 8.30. The molecule has 0 amide bonds. The third kappa shape index (κ3) is 5.31. The zero-order valence-corrected chi connectivity index (χ0v) is 11.5. The standard InChI is InChI=1S/C13H21N3S/c1-4-7-16(8-5-2)10-12-11-17-13(15-12)9-14-6-3/h1,11,14H,5-10H2,2-3H3. The normalized spacial score (nSPS) is 10.7. The van der Waals surface area contributed by atoms with Crippen LogP contribution < -0.4 is 5.32 Å². The van der Waals surface area contributed by atoms with Crippen LogP contribution in [0.15, 0.2) is 5.38 Å². The molecule has 0 saturated carbocycles. The number of hydrogen-bond donors (Lipinski definition) is 1. The molecule has 0 aliphatic carbocycles. The summed E-state index contributed by atoms with van der Waals surface area (Å²) in [6.07, 6.45) is 6.49. The molecule has 1 rings (SSSR count). The maximum atomic E-state index is 5.36. The monoisotopic (exact) mass is 251 g/mol. The van der Waals surface area contributed by atoms with Crippen LogP contribution in [0.25, 0.3) is 0 Å². The first-order valence-corrected chi connectivity index (χ1v) is 6.97. The van der Waals surface area contributed by atoms with Crippen molar-refractivity contribution in [1.82, 2.24) is 15.2 Å². The Balaban J connectivity index is 2.48.